The Kier molecular flexibility index (Phi) is 5.45. The molecule has 0 aliphatic heterocycles. The lowest BCUT2D eigenvalue weighted by molar-refractivity contribution is 0.208. The molecule has 1 N–H and O–H groups in total. The van der Waals surface area contributed by atoms with Crippen molar-refractivity contribution in [3.63, 3.8) is 0 Å². The van der Waals surface area contributed by atoms with Crippen molar-refractivity contribution < 1.29 is 0 Å². The summed E-state index contributed by atoms with van der Waals surface area (Å²) in [6.45, 7) is 8.31. The van der Waals surface area contributed by atoms with Crippen LogP contribution in [0.15, 0.2) is 30.3 Å². The fraction of sp³-hybridized carbons (Fsp3) is 0.667. The van der Waals surface area contributed by atoms with E-state index in [1.54, 1.807) is 0 Å². The normalized spacial score (nSPS) is 29.1. The third kappa shape index (κ3) is 4.07. The van der Waals surface area contributed by atoms with E-state index in [1.165, 1.54) is 31.2 Å². The molecule has 0 aromatic heterocycles. The Labute approximate surface area is 118 Å². The molecule has 19 heavy (non-hydrogen) atoms. The van der Waals surface area contributed by atoms with Gasteiger partial charge in [-0.3, -0.25) is 0 Å². The zero-order chi connectivity index (χ0) is 13.7. The van der Waals surface area contributed by atoms with Crippen LogP contribution in [0.4, 0.5) is 0 Å². The molecule has 0 radical (unpaired) electrons. The van der Waals surface area contributed by atoms with Gasteiger partial charge >= 0.3 is 0 Å². The first kappa shape index (κ1) is 14.6. The van der Waals surface area contributed by atoms with E-state index in [0.29, 0.717) is 5.92 Å². The van der Waals surface area contributed by atoms with Crippen molar-refractivity contribution in [2.75, 3.05) is 6.54 Å². The lowest BCUT2D eigenvalue weighted by atomic mass is 9.78. The van der Waals surface area contributed by atoms with Crippen molar-refractivity contribution in [3.05, 3.63) is 35.9 Å². The summed E-state index contributed by atoms with van der Waals surface area (Å²) >= 11 is 0. The van der Waals surface area contributed by atoms with E-state index >= 15 is 0 Å². The molecule has 1 aromatic rings. The van der Waals surface area contributed by atoms with Gasteiger partial charge in [-0.2, -0.15) is 0 Å². The Morgan fingerprint density at radius 3 is 2.37 bits per heavy atom. The molecule has 1 fully saturated rings. The molecule has 3 unspecified atom stereocenters. The quantitative estimate of drug-likeness (QED) is 0.815. The highest BCUT2D eigenvalue weighted by Crippen LogP contribution is 2.29. The highest BCUT2D eigenvalue weighted by Gasteiger charge is 2.26. The second kappa shape index (κ2) is 7.09. The lowest BCUT2D eigenvalue weighted by Gasteiger charge is -2.35. The van der Waals surface area contributed by atoms with Crippen LogP contribution >= 0.6 is 0 Å². The van der Waals surface area contributed by atoms with Gasteiger partial charge in [0.1, 0.15) is 0 Å². The summed E-state index contributed by atoms with van der Waals surface area (Å²) in [5, 5.41) is 3.82. The molecular weight excluding hydrogens is 230 g/mol. The summed E-state index contributed by atoms with van der Waals surface area (Å²) in [5.74, 6) is 2.34. The highest BCUT2D eigenvalue weighted by atomic mass is 14.9. The Balaban J connectivity index is 1.77. The van der Waals surface area contributed by atoms with Gasteiger partial charge in [0.05, 0.1) is 0 Å². The molecule has 1 aliphatic rings. The van der Waals surface area contributed by atoms with Crippen molar-refractivity contribution >= 4 is 0 Å². The van der Waals surface area contributed by atoms with Gasteiger partial charge in [-0.1, -0.05) is 57.5 Å². The Bertz CT molecular complexity index is 349. The maximum absolute atomic E-state index is 3.82. The molecule has 0 spiro atoms. The van der Waals surface area contributed by atoms with Crippen LogP contribution in [0.3, 0.4) is 0 Å². The Morgan fingerprint density at radius 1 is 1.11 bits per heavy atom. The molecule has 1 aliphatic carbocycles. The van der Waals surface area contributed by atoms with E-state index in [-0.39, 0.29) is 0 Å². The van der Waals surface area contributed by atoms with Gasteiger partial charge < -0.3 is 5.32 Å². The predicted molar refractivity (Wildman–Crippen MR) is 83.4 cm³/mol. The average molecular weight is 259 g/mol. The number of hydrogen-bond acceptors (Lipinski definition) is 1. The smallest absolute Gasteiger partial charge is 0.0118 e. The predicted octanol–water partition coefficient (Wildman–Crippen LogP) is 4.59. The lowest BCUT2D eigenvalue weighted by Crippen LogP contribution is -2.43. The van der Waals surface area contributed by atoms with Crippen LogP contribution in [-0.4, -0.2) is 12.6 Å². The molecule has 1 aromatic carbocycles. The molecular formula is C18H29N. The summed E-state index contributed by atoms with van der Waals surface area (Å²) in [6, 6.07) is 11.6. The average Bonchev–Trinajstić information content (AvgIpc) is 2.43. The van der Waals surface area contributed by atoms with E-state index < -0.39 is 0 Å². The van der Waals surface area contributed by atoms with Crippen molar-refractivity contribution in [1.82, 2.24) is 5.32 Å². The van der Waals surface area contributed by atoms with Gasteiger partial charge in [0.2, 0.25) is 0 Å². The summed E-state index contributed by atoms with van der Waals surface area (Å²) in [5.41, 5.74) is 1.47. The minimum atomic E-state index is 0.655. The molecule has 1 heteroatoms. The topological polar surface area (TPSA) is 12.0 Å². The van der Waals surface area contributed by atoms with Crippen molar-refractivity contribution in [1.29, 1.82) is 0 Å². The molecule has 106 valence electrons. The third-order valence-corrected chi connectivity index (χ3v) is 4.87. The van der Waals surface area contributed by atoms with E-state index in [0.717, 1.165) is 24.4 Å². The highest BCUT2D eigenvalue weighted by molar-refractivity contribution is 5.18. The van der Waals surface area contributed by atoms with E-state index in [2.05, 4.69) is 56.4 Å². The summed E-state index contributed by atoms with van der Waals surface area (Å²) in [4.78, 5) is 0. The maximum Gasteiger partial charge on any atom is 0.0118 e. The van der Waals surface area contributed by atoms with Crippen LogP contribution in [-0.2, 0) is 0 Å². The van der Waals surface area contributed by atoms with Crippen LogP contribution in [0.2, 0.25) is 0 Å². The Hall–Kier alpha value is -0.820. The summed E-state index contributed by atoms with van der Waals surface area (Å²) < 4.78 is 0. The molecule has 2 rings (SSSR count). The van der Waals surface area contributed by atoms with Crippen molar-refractivity contribution in [3.8, 4) is 0 Å². The van der Waals surface area contributed by atoms with E-state index in [9.17, 15) is 0 Å². The van der Waals surface area contributed by atoms with Crippen molar-refractivity contribution in [2.24, 2.45) is 11.8 Å². The minimum Gasteiger partial charge on any atom is -0.313 e. The first-order valence-corrected chi connectivity index (χ1v) is 7.97. The first-order valence-electron chi connectivity index (χ1n) is 7.97. The standard InChI is InChI=1S/C18H29N/c1-14(17-10-5-4-6-11-17)12-13-19-18-15(2)8-7-9-16(18)3/h4-6,10-11,14-16,18-19H,7-9,12-13H2,1-3H3. The Morgan fingerprint density at radius 2 is 1.74 bits per heavy atom. The minimum absolute atomic E-state index is 0.655. The number of rotatable bonds is 5. The van der Waals surface area contributed by atoms with Gasteiger partial charge in [0.25, 0.3) is 0 Å². The van der Waals surface area contributed by atoms with Gasteiger partial charge in [0, 0.05) is 6.04 Å². The van der Waals surface area contributed by atoms with Crippen LogP contribution < -0.4 is 5.32 Å². The van der Waals surface area contributed by atoms with Crippen LogP contribution in [0.5, 0.6) is 0 Å². The summed E-state index contributed by atoms with van der Waals surface area (Å²) in [7, 11) is 0. The number of hydrogen-bond donors (Lipinski definition) is 1. The molecule has 3 atom stereocenters. The maximum atomic E-state index is 3.82. The van der Waals surface area contributed by atoms with Crippen LogP contribution in [0.25, 0.3) is 0 Å². The second-order valence-electron chi connectivity index (χ2n) is 6.47. The molecule has 1 saturated carbocycles. The molecule has 0 heterocycles. The van der Waals surface area contributed by atoms with Gasteiger partial charge in [-0.05, 0) is 49.1 Å². The fourth-order valence-corrected chi connectivity index (χ4v) is 3.50. The van der Waals surface area contributed by atoms with Gasteiger partial charge in [0.15, 0.2) is 0 Å². The van der Waals surface area contributed by atoms with Gasteiger partial charge in [-0.25, -0.2) is 0 Å². The number of nitrogens with one attached hydrogen (secondary N) is 1. The van der Waals surface area contributed by atoms with E-state index in [1.807, 2.05) is 0 Å². The SMILES string of the molecule is CC(CCNC1C(C)CCCC1C)c1ccccc1. The monoisotopic (exact) mass is 259 g/mol. The van der Waals surface area contributed by atoms with Crippen molar-refractivity contribution in [2.45, 2.75) is 58.4 Å². The molecule has 0 amide bonds. The second-order valence-corrected chi connectivity index (χ2v) is 6.47. The van der Waals surface area contributed by atoms with Gasteiger partial charge in [-0.15, -0.1) is 0 Å². The largest absolute Gasteiger partial charge is 0.313 e. The summed E-state index contributed by atoms with van der Waals surface area (Å²) in [6.07, 6.45) is 5.45. The third-order valence-electron chi connectivity index (χ3n) is 4.87. The van der Waals surface area contributed by atoms with Crippen LogP contribution in [0, 0.1) is 11.8 Å². The van der Waals surface area contributed by atoms with E-state index in [4.69, 9.17) is 0 Å². The number of benzene rings is 1. The zero-order valence-corrected chi connectivity index (χ0v) is 12.7. The fourth-order valence-electron chi connectivity index (χ4n) is 3.50. The molecule has 0 saturated heterocycles. The zero-order valence-electron chi connectivity index (χ0n) is 12.7. The molecule has 0 bridgehead atoms. The first-order chi connectivity index (χ1) is 9.18. The van der Waals surface area contributed by atoms with Crippen LogP contribution in [0.1, 0.15) is 57.9 Å². The molecule has 1 nitrogen and oxygen atoms in total.